The second kappa shape index (κ2) is 4.58. The van der Waals surface area contributed by atoms with Gasteiger partial charge in [-0.05, 0) is 12.1 Å². The van der Waals surface area contributed by atoms with Crippen molar-refractivity contribution in [2.45, 2.75) is 0 Å². The summed E-state index contributed by atoms with van der Waals surface area (Å²) in [6.07, 6.45) is 1.45. The Bertz CT molecular complexity index is 740. The van der Waals surface area contributed by atoms with Gasteiger partial charge in [0, 0.05) is 17.8 Å². The Morgan fingerprint density at radius 1 is 1.16 bits per heavy atom. The molecule has 94 valence electrons. The van der Waals surface area contributed by atoms with Crippen LogP contribution in [0.5, 0.6) is 0 Å². The molecule has 0 aliphatic carbocycles. The van der Waals surface area contributed by atoms with E-state index in [0.29, 0.717) is 17.0 Å². The standard InChI is InChI=1S/C11H7N5O2S/c17-16(18)8-3-1-7(2-4-8)15-10-9-11(13-5-12-10)19-6-14-9/h1-6H,(H,12,13,15). The predicted octanol–water partition coefficient (Wildman–Crippen LogP) is 2.74. The molecule has 0 aliphatic rings. The third-order valence-corrected chi connectivity index (χ3v) is 3.21. The average Bonchev–Trinajstić information content (AvgIpc) is 2.89. The molecule has 0 atom stereocenters. The van der Waals surface area contributed by atoms with Crippen LogP contribution < -0.4 is 5.32 Å². The predicted molar refractivity (Wildman–Crippen MR) is 71.6 cm³/mol. The Hall–Kier alpha value is -2.61. The van der Waals surface area contributed by atoms with Crippen LogP contribution in [0.4, 0.5) is 17.2 Å². The van der Waals surface area contributed by atoms with Crippen molar-refractivity contribution in [2.24, 2.45) is 0 Å². The Labute approximate surface area is 111 Å². The van der Waals surface area contributed by atoms with Gasteiger partial charge in [-0.2, -0.15) is 0 Å². The van der Waals surface area contributed by atoms with Crippen molar-refractivity contribution in [3.8, 4) is 0 Å². The molecule has 1 N–H and O–H groups in total. The lowest BCUT2D eigenvalue weighted by Crippen LogP contribution is -1.95. The molecule has 19 heavy (non-hydrogen) atoms. The first kappa shape index (κ1) is 11.5. The lowest BCUT2D eigenvalue weighted by molar-refractivity contribution is -0.384. The number of nitrogens with zero attached hydrogens (tertiary/aromatic N) is 4. The quantitative estimate of drug-likeness (QED) is 0.582. The summed E-state index contributed by atoms with van der Waals surface area (Å²) in [6.45, 7) is 0. The number of hydrogen-bond donors (Lipinski definition) is 1. The van der Waals surface area contributed by atoms with E-state index in [1.54, 1.807) is 17.6 Å². The number of nitro benzene ring substituents is 1. The van der Waals surface area contributed by atoms with E-state index in [9.17, 15) is 10.1 Å². The van der Waals surface area contributed by atoms with Crippen LogP contribution in [0.2, 0.25) is 0 Å². The van der Waals surface area contributed by atoms with E-state index in [4.69, 9.17) is 0 Å². The lowest BCUT2D eigenvalue weighted by atomic mass is 10.3. The van der Waals surface area contributed by atoms with E-state index in [2.05, 4.69) is 20.3 Å². The van der Waals surface area contributed by atoms with Crippen LogP contribution in [-0.4, -0.2) is 19.9 Å². The van der Waals surface area contributed by atoms with Crippen LogP contribution in [0.15, 0.2) is 36.1 Å². The molecule has 0 amide bonds. The number of nitro groups is 1. The monoisotopic (exact) mass is 273 g/mol. The number of benzene rings is 1. The summed E-state index contributed by atoms with van der Waals surface area (Å²) in [5.41, 5.74) is 3.14. The first-order valence-corrected chi connectivity index (χ1v) is 6.18. The zero-order valence-corrected chi connectivity index (χ0v) is 10.3. The zero-order chi connectivity index (χ0) is 13.2. The van der Waals surface area contributed by atoms with Crippen molar-refractivity contribution in [3.63, 3.8) is 0 Å². The normalized spacial score (nSPS) is 10.5. The first-order valence-electron chi connectivity index (χ1n) is 5.30. The van der Waals surface area contributed by atoms with Gasteiger partial charge in [0.2, 0.25) is 0 Å². The van der Waals surface area contributed by atoms with Crippen LogP contribution >= 0.6 is 11.3 Å². The van der Waals surface area contributed by atoms with Crippen molar-refractivity contribution in [2.75, 3.05) is 5.32 Å². The van der Waals surface area contributed by atoms with Crippen LogP contribution in [0.3, 0.4) is 0 Å². The lowest BCUT2D eigenvalue weighted by Gasteiger charge is -2.04. The number of hydrogen-bond acceptors (Lipinski definition) is 7. The fourth-order valence-corrected chi connectivity index (χ4v) is 2.22. The summed E-state index contributed by atoms with van der Waals surface area (Å²) in [7, 11) is 0. The van der Waals surface area contributed by atoms with Gasteiger partial charge >= 0.3 is 0 Å². The number of rotatable bonds is 3. The van der Waals surface area contributed by atoms with E-state index < -0.39 is 4.92 Å². The molecule has 0 bridgehead atoms. The molecular weight excluding hydrogens is 266 g/mol. The molecule has 0 fully saturated rings. The topological polar surface area (TPSA) is 93.8 Å². The van der Waals surface area contributed by atoms with E-state index in [1.165, 1.54) is 29.8 Å². The molecule has 0 saturated heterocycles. The molecule has 8 heteroatoms. The van der Waals surface area contributed by atoms with E-state index in [1.807, 2.05) is 0 Å². The van der Waals surface area contributed by atoms with Gasteiger partial charge in [0.25, 0.3) is 5.69 Å². The fourth-order valence-electron chi connectivity index (χ4n) is 1.59. The average molecular weight is 273 g/mol. The highest BCUT2D eigenvalue weighted by molar-refractivity contribution is 7.16. The molecule has 0 aliphatic heterocycles. The zero-order valence-electron chi connectivity index (χ0n) is 9.48. The minimum atomic E-state index is -0.437. The highest BCUT2D eigenvalue weighted by Gasteiger charge is 2.08. The molecule has 2 heterocycles. The summed E-state index contributed by atoms with van der Waals surface area (Å²) in [6, 6.07) is 6.11. The molecular formula is C11H7N5O2S. The molecule has 0 saturated carbocycles. The van der Waals surface area contributed by atoms with Gasteiger partial charge in [-0.25, -0.2) is 15.0 Å². The van der Waals surface area contributed by atoms with Gasteiger partial charge < -0.3 is 5.32 Å². The Balaban J connectivity index is 1.92. The van der Waals surface area contributed by atoms with Gasteiger partial charge in [-0.3, -0.25) is 10.1 Å². The van der Waals surface area contributed by atoms with Gasteiger partial charge in [-0.15, -0.1) is 11.3 Å². The number of fused-ring (bicyclic) bond motifs is 1. The molecule has 1 aromatic carbocycles. The van der Waals surface area contributed by atoms with Crippen molar-refractivity contribution in [1.29, 1.82) is 0 Å². The maximum absolute atomic E-state index is 10.6. The van der Waals surface area contributed by atoms with Crippen LogP contribution in [0.1, 0.15) is 0 Å². The SMILES string of the molecule is O=[N+]([O-])c1ccc(Nc2ncnc3scnc23)cc1. The summed E-state index contributed by atoms with van der Waals surface area (Å²) >= 11 is 1.43. The maximum atomic E-state index is 10.6. The summed E-state index contributed by atoms with van der Waals surface area (Å²) in [4.78, 5) is 23.3. The van der Waals surface area contributed by atoms with Crippen LogP contribution in [0.25, 0.3) is 10.3 Å². The Morgan fingerprint density at radius 3 is 2.68 bits per heavy atom. The number of non-ortho nitro benzene ring substituents is 1. The van der Waals surface area contributed by atoms with E-state index in [0.717, 1.165) is 4.83 Å². The second-order valence-corrected chi connectivity index (χ2v) is 4.49. The van der Waals surface area contributed by atoms with Crippen molar-refractivity contribution < 1.29 is 4.92 Å². The van der Waals surface area contributed by atoms with Crippen LogP contribution in [-0.2, 0) is 0 Å². The van der Waals surface area contributed by atoms with E-state index >= 15 is 0 Å². The number of thiazole rings is 1. The highest BCUT2D eigenvalue weighted by Crippen LogP contribution is 2.24. The summed E-state index contributed by atoms with van der Waals surface area (Å²) in [5, 5.41) is 13.6. The minimum Gasteiger partial charge on any atom is -0.338 e. The highest BCUT2D eigenvalue weighted by atomic mass is 32.1. The third kappa shape index (κ3) is 2.20. The van der Waals surface area contributed by atoms with Crippen molar-refractivity contribution in [1.82, 2.24) is 15.0 Å². The second-order valence-electron chi connectivity index (χ2n) is 3.66. The largest absolute Gasteiger partial charge is 0.338 e. The number of aromatic nitrogens is 3. The first-order chi connectivity index (χ1) is 9.24. The van der Waals surface area contributed by atoms with E-state index in [-0.39, 0.29) is 5.69 Å². The molecule has 0 spiro atoms. The van der Waals surface area contributed by atoms with Gasteiger partial charge in [-0.1, -0.05) is 0 Å². The number of nitrogens with one attached hydrogen (secondary N) is 1. The smallest absolute Gasteiger partial charge is 0.269 e. The van der Waals surface area contributed by atoms with Crippen LogP contribution in [0, 0.1) is 10.1 Å². The Morgan fingerprint density at radius 2 is 1.95 bits per heavy atom. The number of anilines is 2. The maximum Gasteiger partial charge on any atom is 0.269 e. The third-order valence-electron chi connectivity index (χ3n) is 2.48. The fraction of sp³-hybridized carbons (Fsp3) is 0. The summed E-state index contributed by atoms with van der Waals surface area (Å²) < 4.78 is 0. The molecule has 0 unspecified atom stereocenters. The van der Waals surface area contributed by atoms with Crippen molar-refractivity contribution in [3.05, 3.63) is 46.2 Å². The molecule has 3 rings (SSSR count). The Kier molecular flexibility index (Phi) is 2.76. The molecule has 2 aromatic heterocycles. The van der Waals surface area contributed by atoms with Gasteiger partial charge in [0.05, 0.1) is 10.4 Å². The molecule has 0 radical (unpaired) electrons. The van der Waals surface area contributed by atoms with Gasteiger partial charge in [0.1, 0.15) is 16.7 Å². The summed E-state index contributed by atoms with van der Waals surface area (Å²) in [5.74, 6) is 0.583. The molecule has 7 nitrogen and oxygen atoms in total. The van der Waals surface area contributed by atoms with Crippen molar-refractivity contribution >= 4 is 38.9 Å². The van der Waals surface area contributed by atoms with Gasteiger partial charge in [0.15, 0.2) is 5.82 Å². The molecule has 3 aromatic rings. The minimum absolute atomic E-state index is 0.0482.